The summed E-state index contributed by atoms with van der Waals surface area (Å²) in [6.45, 7) is 5.19. The number of nitrogens with zero attached hydrogens (tertiary/aromatic N) is 2. The minimum absolute atomic E-state index is 0.0596. The summed E-state index contributed by atoms with van der Waals surface area (Å²) in [6.07, 6.45) is 0.849. The zero-order valence-electron chi connectivity index (χ0n) is 11.9. The molecule has 0 bridgehead atoms. The quantitative estimate of drug-likeness (QED) is 0.800. The van der Waals surface area contributed by atoms with Crippen LogP contribution in [0.5, 0.6) is 0 Å². The Balaban J connectivity index is 2.74. The van der Waals surface area contributed by atoms with Crippen molar-refractivity contribution >= 4 is 11.6 Å². The van der Waals surface area contributed by atoms with E-state index in [0.717, 1.165) is 19.0 Å². The summed E-state index contributed by atoms with van der Waals surface area (Å²) < 4.78 is 27.0. The van der Waals surface area contributed by atoms with Crippen LogP contribution in [-0.2, 0) is 0 Å². The molecule has 0 radical (unpaired) electrons. The fourth-order valence-corrected chi connectivity index (χ4v) is 1.62. The van der Waals surface area contributed by atoms with Crippen LogP contribution in [-0.4, -0.2) is 43.1 Å². The van der Waals surface area contributed by atoms with E-state index in [0.29, 0.717) is 6.54 Å². The first-order chi connectivity index (χ1) is 8.93. The second-order valence-corrected chi connectivity index (χ2v) is 4.82. The second kappa shape index (κ2) is 7.23. The molecule has 4 nitrogen and oxygen atoms in total. The van der Waals surface area contributed by atoms with Gasteiger partial charge in [0.15, 0.2) is 23.3 Å². The maximum Gasteiger partial charge on any atom is 0.168 e. The van der Waals surface area contributed by atoms with Crippen molar-refractivity contribution in [1.82, 2.24) is 9.88 Å². The first-order valence-corrected chi connectivity index (χ1v) is 6.45. The van der Waals surface area contributed by atoms with Crippen molar-refractivity contribution in [3.63, 3.8) is 0 Å². The van der Waals surface area contributed by atoms with Gasteiger partial charge >= 0.3 is 0 Å². The number of anilines is 2. The molecule has 6 heteroatoms. The van der Waals surface area contributed by atoms with E-state index in [1.165, 1.54) is 0 Å². The van der Waals surface area contributed by atoms with Crippen LogP contribution >= 0.6 is 0 Å². The SMILES string of the molecule is CCNc1nc(NC(C)CCN(C)C)c(F)cc1F. The molecule has 19 heavy (non-hydrogen) atoms. The van der Waals surface area contributed by atoms with Crippen molar-refractivity contribution < 1.29 is 8.78 Å². The summed E-state index contributed by atoms with van der Waals surface area (Å²) in [7, 11) is 3.96. The summed E-state index contributed by atoms with van der Waals surface area (Å²) in [4.78, 5) is 6.00. The van der Waals surface area contributed by atoms with Crippen LogP contribution in [0.15, 0.2) is 6.07 Å². The number of aromatic nitrogens is 1. The fourth-order valence-electron chi connectivity index (χ4n) is 1.62. The van der Waals surface area contributed by atoms with Crippen LogP contribution in [0.1, 0.15) is 20.3 Å². The van der Waals surface area contributed by atoms with Gasteiger partial charge in [-0.05, 0) is 40.9 Å². The van der Waals surface area contributed by atoms with Crippen molar-refractivity contribution in [1.29, 1.82) is 0 Å². The number of halogens is 2. The molecule has 0 amide bonds. The van der Waals surface area contributed by atoms with Gasteiger partial charge in [-0.25, -0.2) is 13.8 Å². The predicted molar refractivity (Wildman–Crippen MR) is 74.6 cm³/mol. The third-order valence-corrected chi connectivity index (χ3v) is 2.67. The second-order valence-electron chi connectivity index (χ2n) is 4.82. The molecule has 0 spiro atoms. The van der Waals surface area contributed by atoms with Crippen LogP contribution in [0.2, 0.25) is 0 Å². The molecule has 108 valence electrons. The molecule has 0 saturated carbocycles. The van der Waals surface area contributed by atoms with Crippen molar-refractivity contribution in [2.24, 2.45) is 0 Å². The number of hydrogen-bond acceptors (Lipinski definition) is 4. The molecule has 0 aromatic carbocycles. The third-order valence-electron chi connectivity index (χ3n) is 2.67. The average molecular weight is 272 g/mol. The maximum absolute atomic E-state index is 13.6. The van der Waals surface area contributed by atoms with Gasteiger partial charge in [-0.15, -0.1) is 0 Å². The molecule has 1 rings (SSSR count). The topological polar surface area (TPSA) is 40.2 Å². The van der Waals surface area contributed by atoms with E-state index in [1.807, 2.05) is 27.9 Å². The van der Waals surface area contributed by atoms with Gasteiger partial charge in [0.05, 0.1) is 0 Å². The van der Waals surface area contributed by atoms with Crippen molar-refractivity contribution in [2.75, 3.05) is 37.8 Å². The van der Waals surface area contributed by atoms with E-state index in [1.54, 1.807) is 0 Å². The summed E-state index contributed by atoms with van der Waals surface area (Å²) in [5, 5.41) is 5.74. The molecule has 0 aliphatic rings. The average Bonchev–Trinajstić information content (AvgIpc) is 2.33. The van der Waals surface area contributed by atoms with E-state index in [9.17, 15) is 8.78 Å². The zero-order valence-corrected chi connectivity index (χ0v) is 11.9. The molecule has 1 unspecified atom stereocenters. The molecular weight excluding hydrogens is 250 g/mol. The van der Waals surface area contributed by atoms with Crippen LogP contribution < -0.4 is 10.6 Å². The molecular formula is C13H22F2N4. The molecule has 1 atom stereocenters. The molecule has 0 saturated heterocycles. The van der Waals surface area contributed by atoms with E-state index < -0.39 is 11.6 Å². The van der Waals surface area contributed by atoms with Crippen molar-refractivity contribution in [2.45, 2.75) is 26.3 Å². The van der Waals surface area contributed by atoms with Gasteiger partial charge in [0.2, 0.25) is 0 Å². The lowest BCUT2D eigenvalue weighted by molar-refractivity contribution is 0.390. The Labute approximate surface area is 113 Å². The van der Waals surface area contributed by atoms with Crippen molar-refractivity contribution in [3.8, 4) is 0 Å². The van der Waals surface area contributed by atoms with Crippen LogP contribution in [0, 0.1) is 11.6 Å². The zero-order chi connectivity index (χ0) is 14.4. The van der Waals surface area contributed by atoms with Gasteiger partial charge in [-0.1, -0.05) is 0 Å². The third kappa shape index (κ3) is 4.98. The Morgan fingerprint density at radius 3 is 2.47 bits per heavy atom. The molecule has 1 aromatic heterocycles. The summed E-state index contributed by atoms with van der Waals surface area (Å²) in [5.74, 6) is -1.18. The molecule has 1 heterocycles. The highest BCUT2D eigenvalue weighted by Gasteiger charge is 2.13. The van der Waals surface area contributed by atoms with Gasteiger partial charge in [-0.3, -0.25) is 0 Å². The minimum Gasteiger partial charge on any atom is -0.368 e. The Kier molecular flexibility index (Phi) is 5.95. The maximum atomic E-state index is 13.6. The molecule has 2 N–H and O–H groups in total. The number of nitrogens with one attached hydrogen (secondary N) is 2. The summed E-state index contributed by atoms with van der Waals surface area (Å²) in [5.41, 5.74) is 0. The van der Waals surface area contributed by atoms with Gasteiger partial charge in [0.1, 0.15) is 0 Å². The first kappa shape index (κ1) is 15.6. The number of hydrogen-bond donors (Lipinski definition) is 2. The Morgan fingerprint density at radius 1 is 1.26 bits per heavy atom. The Morgan fingerprint density at radius 2 is 1.89 bits per heavy atom. The van der Waals surface area contributed by atoms with Gasteiger partial charge < -0.3 is 15.5 Å². The lowest BCUT2D eigenvalue weighted by atomic mass is 10.2. The van der Waals surface area contributed by atoms with Crippen LogP contribution in [0.25, 0.3) is 0 Å². The predicted octanol–water partition coefficient (Wildman–Crippen LogP) is 2.54. The van der Waals surface area contributed by atoms with Gasteiger partial charge in [0.25, 0.3) is 0 Å². The number of pyridine rings is 1. The Bertz CT molecular complexity index is 410. The standard InChI is InChI=1S/C13H22F2N4/c1-5-16-12-10(14)8-11(15)13(18-12)17-9(2)6-7-19(3)4/h8-9H,5-7H2,1-4H3,(H2,16,17,18). The highest BCUT2D eigenvalue weighted by molar-refractivity contribution is 5.47. The minimum atomic E-state index is -0.675. The lowest BCUT2D eigenvalue weighted by Gasteiger charge is -2.18. The molecule has 0 fully saturated rings. The van der Waals surface area contributed by atoms with Crippen LogP contribution in [0.4, 0.5) is 20.4 Å². The van der Waals surface area contributed by atoms with E-state index in [4.69, 9.17) is 0 Å². The monoisotopic (exact) mass is 272 g/mol. The van der Waals surface area contributed by atoms with E-state index >= 15 is 0 Å². The number of rotatable bonds is 7. The fraction of sp³-hybridized carbons (Fsp3) is 0.615. The summed E-state index contributed by atoms with van der Waals surface area (Å²) in [6, 6.07) is 0.913. The normalized spacial score (nSPS) is 12.6. The summed E-state index contributed by atoms with van der Waals surface area (Å²) >= 11 is 0. The van der Waals surface area contributed by atoms with Gasteiger partial charge in [0, 0.05) is 18.7 Å². The lowest BCUT2D eigenvalue weighted by Crippen LogP contribution is -2.24. The van der Waals surface area contributed by atoms with Crippen molar-refractivity contribution in [3.05, 3.63) is 17.7 Å². The van der Waals surface area contributed by atoms with E-state index in [-0.39, 0.29) is 17.7 Å². The smallest absolute Gasteiger partial charge is 0.168 e. The Hall–Kier alpha value is -1.43. The van der Waals surface area contributed by atoms with E-state index in [2.05, 4.69) is 20.5 Å². The molecule has 0 aliphatic carbocycles. The first-order valence-electron chi connectivity index (χ1n) is 6.45. The molecule has 0 aliphatic heterocycles. The highest BCUT2D eigenvalue weighted by atomic mass is 19.1. The largest absolute Gasteiger partial charge is 0.368 e. The van der Waals surface area contributed by atoms with Crippen LogP contribution in [0.3, 0.4) is 0 Å². The highest BCUT2D eigenvalue weighted by Crippen LogP contribution is 2.19. The molecule has 1 aromatic rings. The van der Waals surface area contributed by atoms with Gasteiger partial charge in [-0.2, -0.15) is 0 Å².